The average molecular weight is 375 g/mol. The van der Waals surface area contributed by atoms with Crippen molar-refractivity contribution in [3.05, 3.63) is 54.1 Å². The number of rotatable bonds is 5. The lowest BCUT2D eigenvalue weighted by atomic mass is 9.95. The lowest BCUT2D eigenvalue weighted by Gasteiger charge is -2.18. The molecule has 2 aromatic rings. The highest BCUT2D eigenvalue weighted by molar-refractivity contribution is 5.97. The highest BCUT2D eigenvalue weighted by Gasteiger charge is 2.21. The van der Waals surface area contributed by atoms with E-state index in [-0.39, 0.29) is 5.91 Å². The number of nitrogens with one attached hydrogen (secondary N) is 3. The van der Waals surface area contributed by atoms with Gasteiger partial charge in [-0.05, 0) is 43.3 Å². The molecule has 0 spiro atoms. The third kappa shape index (κ3) is 5.51. The highest BCUT2D eigenvalue weighted by atomic mass is 19.1. The fourth-order valence-electron chi connectivity index (χ4n) is 2.13. The quantitative estimate of drug-likeness (QED) is 0.726. The summed E-state index contributed by atoms with van der Waals surface area (Å²) in [6.07, 6.45) is 0. The van der Waals surface area contributed by atoms with E-state index < -0.39 is 34.7 Å². The van der Waals surface area contributed by atoms with Crippen LogP contribution in [-0.2, 0) is 9.59 Å². The molecule has 0 aromatic heterocycles. The van der Waals surface area contributed by atoms with Gasteiger partial charge in [0.05, 0.1) is 0 Å². The summed E-state index contributed by atoms with van der Waals surface area (Å²) in [7, 11) is 0. The van der Waals surface area contributed by atoms with Crippen LogP contribution in [0.2, 0.25) is 0 Å². The minimum atomic E-state index is -0.838. The molecule has 0 aliphatic rings. The summed E-state index contributed by atoms with van der Waals surface area (Å²) in [6, 6.07) is 9.43. The highest BCUT2D eigenvalue weighted by Crippen LogP contribution is 2.21. The molecule has 0 heterocycles. The van der Waals surface area contributed by atoms with E-state index in [2.05, 4.69) is 16.0 Å². The Labute approximate surface area is 157 Å². The van der Waals surface area contributed by atoms with Gasteiger partial charge in [0.15, 0.2) is 0 Å². The summed E-state index contributed by atoms with van der Waals surface area (Å²) in [5, 5.41) is 7.99. The first-order valence-corrected chi connectivity index (χ1v) is 8.51. The second kappa shape index (κ2) is 8.16. The lowest BCUT2D eigenvalue weighted by Crippen LogP contribution is -2.32. The number of hydrogen-bond acceptors (Lipinski definition) is 3. The van der Waals surface area contributed by atoms with Gasteiger partial charge in [-0.2, -0.15) is 0 Å². The largest absolute Gasteiger partial charge is 0.374 e. The Bertz CT molecular complexity index is 810. The number of benzene rings is 2. The van der Waals surface area contributed by atoms with Crippen LogP contribution in [0.15, 0.2) is 42.5 Å². The number of carbonyl (C=O) groups excluding carboxylic acids is 2. The predicted octanol–water partition coefficient (Wildman–Crippen LogP) is 4.39. The summed E-state index contributed by atoms with van der Waals surface area (Å²) in [6.45, 7) is 7.02. The van der Waals surface area contributed by atoms with Crippen molar-refractivity contribution in [3.8, 4) is 0 Å². The van der Waals surface area contributed by atoms with E-state index in [0.29, 0.717) is 11.4 Å². The Balaban J connectivity index is 1.98. The Kier molecular flexibility index (Phi) is 6.15. The van der Waals surface area contributed by atoms with E-state index in [1.54, 1.807) is 31.2 Å². The molecule has 0 radical (unpaired) electrons. The van der Waals surface area contributed by atoms with Crippen molar-refractivity contribution in [1.82, 2.24) is 0 Å². The molecule has 0 fully saturated rings. The fourth-order valence-corrected chi connectivity index (χ4v) is 2.13. The van der Waals surface area contributed by atoms with Gasteiger partial charge in [-0.15, -0.1) is 0 Å². The molecule has 0 aliphatic heterocycles. The van der Waals surface area contributed by atoms with E-state index in [9.17, 15) is 18.4 Å². The molecule has 2 rings (SSSR count). The van der Waals surface area contributed by atoms with Gasteiger partial charge < -0.3 is 16.0 Å². The van der Waals surface area contributed by atoms with E-state index >= 15 is 0 Å². The summed E-state index contributed by atoms with van der Waals surface area (Å²) >= 11 is 0. The van der Waals surface area contributed by atoms with Gasteiger partial charge in [0.25, 0.3) is 0 Å². The fraction of sp³-hybridized carbons (Fsp3) is 0.300. The summed E-state index contributed by atoms with van der Waals surface area (Å²) in [5.74, 6) is -2.36. The molecular formula is C20H23F2N3O2. The minimum absolute atomic E-state index is 0.108. The molecule has 2 amide bonds. The van der Waals surface area contributed by atoms with Gasteiger partial charge in [0.1, 0.15) is 23.4 Å². The van der Waals surface area contributed by atoms with Crippen LogP contribution in [0.1, 0.15) is 27.7 Å². The second-order valence-corrected chi connectivity index (χ2v) is 7.23. The maximum absolute atomic E-state index is 13.6. The lowest BCUT2D eigenvalue weighted by molar-refractivity contribution is -0.123. The molecule has 0 saturated heterocycles. The molecule has 0 aliphatic carbocycles. The van der Waals surface area contributed by atoms with Gasteiger partial charge in [0.2, 0.25) is 11.8 Å². The predicted molar refractivity (Wildman–Crippen MR) is 103 cm³/mol. The second-order valence-electron chi connectivity index (χ2n) is 7.23. The van der Waals surface area contributed by atoms with E-state index in [1.807, 2.05) is 20.8 Å². The topological polar surface area (TPSA) is 70.2 Å². The summed E-state index contributed by atoms with van der Waals surface area (Å²) < 4.78 is 27.2. The van der Waals surface area contributed by atoms with Crippen LogP contribution in [0.5, 0.6) is 0 Å². The van der Waals surface area contributed by atoms with Crippen LogP contribution >= 0.6 is 0 Å². The first kappa shape index (κ1) is 20.4. The maximum Gasteiger partial charge on any atom is 0.246 e. The maximum atomic E-state index is 13.6. The first-order valence-electron chi connectivity index (χ1n) is 8.51. The van der Waals surface area contributed by atoms with Gasteiger partial charge >= 0.3 is 0 Å². The molecule has 7 heteroatoms. The number of amides is 2. The molecule has 0 saturated carbocycles. The molecule has 5 nitrogen and oxygen atoms in total. The zero-order chi connectivity index (χ0) is 20.2. The van der Waals surface area contributed by atoms with Crippen LogP contribution < -0.4 is 16.0 Å². The average Bonchev–Trinajstić information content (AvgIpc) is 2.59. The Hall–Kier alpha value is -2.96. The molecular weight excluding hydrogens is 352 g/mol. The zero-order valence-electron chi connectivity index (χ0n) is 15.7. The summed E-state index contributed by atoms with van der Waals surface area (Å²) in [4.78, 5) is 24.2. The van der Waals surface area contributed by atoms with Crippen LogP contribution in [0.3, 0.4) is 0 Å². The Morgan fingerprint density at radius 3 is 1.93 bits per heavy atom. The van der Waals surface area contributed by atoms with Crippen molar-refractivity contribution >= 4 is 28.9 Å². The molecule has 27 heavy (non-hydrogen) atoms. The smallest absolute Gasteiger partial charge is 0.246 e. The minimum Gasteiger partial charge on any atom is -0.374 e. The van der Waals surface area contributed by atoms with Crippen molar-refractivity contribution in [2.75, 3.05) is 16.0 Å². The van der Waals surface area contributed by atoms with Crippen molar-refractivity contribution in [3.63, 3.8) is 0 Å². The van der Waals surface area contributed by atoms with Crippen molar-refractivity contribution in [1.29, 1.82) is 0 Å². The zero-order valence-corrected chi connectivity index (χ0v) is 15.7. The third-order valence-electron chi connectivity index (χ3n) is 3.81. The van der Waals surface area contributed by atoms with E-state index in [0.717, 1.165) is 12.1 Å². The van der Waals surface area contributed by atoms with Gasteiger partial charge in [-0.1, -0.05) is 26.8 Å². The van der Waals surface area contributed by atoms with Gasteiger partial charge in [-0.3, -0.25) is 9.59 Å². The monoisotopic (exact) mass is 375 g/mol. The van der Waals surface area contributed by atoms with E-state index in [4.69, 9.17) is 0 Å². The number of halogens is 2. The van der Waals surface area contributed by atoms with Crippen LogP contribution in [0.25, 0.3) is 0 Å². The molecule has 2 aromatic carbocycles. The first-order chi connectivity index (χ1) is 12.6. The number of hydrogen-bond donors (Lipinski definition) is 3. The van der Waals surface area contributed by atoms with Crippen LogP contribution in [0.4, 0.5) is 25.8 Å². The number of anilines is 3. The van der Waals surface area contributed by atoms with E-state index in [1.165, 1.54) is 6.07 Å². The SMILES string of the molecule is CC(Nc1ccc(NC(=O)C(C)(C)C)cc1)C(=O)Nc1c(F)cccc1F. The van der Waals surface area contributed by atoms with Crippen molar-refractivity contribution < 1.29 is 18.4 Å². The molecule has 0 bridgehead atoms. The molecule has 1 unspecified atom stereocenters. The number of carbonyl (C=O) groups is 2. The van der Waals surface area contributed by atoms with Crippen LogP contribution in [-0.4, -0.2) is 17.9 Å². The van der Waals surface area contributed by atoms with Crippen LogP contribution in [0, 0.1) is 17.0 Å². The number of para-hydroxylation sites is 1. The van der Waals surface area contributed by atoms with Gasteiger partial charge in [-0.25, -0.2) is 8.78 Å². The Morgan fingerprint density at radius 2 is 1.41 bits per heavy atom. The van der Waals surface area contributed by atoms with Crippen molar-refractivity contribution in [2.24, 2.45) is 5.41 Å². The normalized spacial score (nSPS) is 12.2. The Morgan fingerprint density at radius 1 is 0.889 bits per heavy atom. The van der Waals surface area contributed by atoms with Crippen molar-refractivity contribution in [2.45, 2.75) is 33.7 Å². The van der Waals surface area contributed by atoms with Gasteiger partial charge in [0, 0.05) is 16.8 Å². The third-order valence-corrected chi connectivity index (χ3v) is 3.81. The molecule has 144 valence electrons. The molecule has 3 N–H and O–H groups in total. The summed E-state index contributed by atoms with van der Waals surface area (Å²) in [5.41, 5.74) is 0.272. The molecule has 1 atom stereocenters. The standard InChI is InChI=1S/C20H23F2N3O2/c1-12(18(26)25-17-15(21)6-5-7-16(17)22)23-13-8-10-14(11-9-13)24-19(27)20(2,3)4/h5-12,23H,1-4H3,(H,24,27)(H,25,26).